The van der Waals surface area contributed by atoms with E-state index in [1.807, 2.05) is 0 Å². The smallest absolute Gasteiger partial charge is 0.424 e. The van der Waals surface area contributed by atoms with E-state index in [1.54, 1.807) is 0 Å². The third-order valence-electron chi connectivity index (χ3n) is 2.24. The number of nitrogens with one attached hydrogen (secondary N) is 1. The van der Waals surface area contributed by atoms with Crippen molar-refractivity contribution >= 4 is 15.7 Å². The van der Waals surface area contributed by atoms with Gasteiger partial charge in [-0.05, 0) is 18.2 Å². The van der Waals surface area contributed by atoms with Crippen LogP contribution in [-0.4, -0.2) is 23.9 Å². The van der Waals surface area contributed by atoms with Crippen LogP contribution in [0.1, 0.15) is 0 Å². The van der Waals surface area contributed by atoms with E-state index >= 15 is 0 Å². The molecule has 1 heterocycles. The molecule has 22 heavy (non-hydrogen) atoms. The van der Waals surface area contributed by atoms with Crippen LogP contribution in [0.4, 0.5) is 23.2 Å². The lowest BCUT2D eigenvalue weighted by Gasteiger charge is -2.11. The molecule has 0 aliphatic heterocycles. The highest BCUT2D eigenvalue weighted by molar-refractivity contribution is 7.93. The minimum Gasteiger partial charge on any atom is -0.424 e. The number of alkyl halides is 3. The summed E-state index contributed by atoms with van der Waals surface area (Å²) in [7, 11) is -5.70. The number of anilines is 1. The van der Waals surface area contributed by atoms with Crippen LogP contribution in [0, 0.1) is 5.82 Å². The number of halogens is 4. The van der Waals surface area contributed by atoms with Crippen molar-refractivity contribution in [1.29, 1.82) is 0 Å². The standard InChI is InChI=1S/C11H7F4N3O3S/c12-8-6-7(21-10-16-4-1-5-17-10)2-3-9(8)18-22(19,20)11(13,14)15/h1-6,18H. The van der Waals surface area contributed by atoms with Crippen LogP contribution in [0.25, 0.3) is 0 Å². The Labute approximate surface area is 121 Å². The maximum absolute atomic E-state index is 13.7. The van der Waals surface area contributed by atoms with E-state index < -0.39 is 27.0 Å². The largest absolute Gasteiger partial charge is 0.516 e. The Balaban J connectivity index is 2.20. The van der Waals surface area contributed by atoms with E-state index in [-0.39, 0.29) is 11.8 Å². The zero-order valence-electron chi connectivity index (χ0n) is 10.5. The molecule has 6 nitrogen and oxygen atoms in total. The molecule has 2 rings (SSSR count). The molecule has 0 radical (unpaired) electrons. The number of ether oxygens (including phenoxy) is 1. The van der Waals surface area contributed by atoms with Crippen LogP contribution in [0.15, 0.2) is 36.7 Å². The number of hydrogen-bond donors (Lipinski definition) is 1. The van der Waals surface area contributed by atoms with Gasteiger partial charge >= 0.3 is 21.5 Å². The van der Waals surface area contributed by atoms with Gasteiger partial charge in [0.1, 0.15) is 5.75 Å². The summed E-state index contributed by atoms with van der Waals surface area (Å²) in [6.45, 7) is 0. The van der Waals surface area contributed by atoms with E-state index in [2.05, 4.69) is 9.97 Å². The molecule has 1 aromatic heterocycles. The van der Waals surface area contributed by atoms with Gasteiger partial charge in [-0.2, -0.15) is 21.6 Å². The minimum absolute atomic E-state index is 0.106. The third-order valence-corrected chi connectivity index (χ3v) is 3.34. The van der Waals surface area contributed by atoms with Crippen molar-refractivity contribution in [3.05, 3.63) is 42.5 Å². The quantitative estimate of drug-likeness (QED) is 0.868. The molecule has 2 aromatic rings. The number of rotatable bonds is 4. The highest BCUT2D eigenvalue weighted by Crippen LogP contribution is 2.28. The highest BCUT2D eigenvalue weighted by Gasteiger charge is 2.46. The van der Waals surface area contributed by atoms with Gasteiger partial charge in [-0.1, -0.05) is 0 Å². The van der Waals surface area contributed by atoms with Gasteiger partial charge in [-0.3, -0.25) is 4.72 Å². The Morgan fingerprint density at radius 1 is 1.14 bits per heavy atom. The van der Waals surface area contributed by atoms with Crippen molar-refractivity contribution < 1.29 is 30.7 Å². The van der Waals surface area contributed by atoms with Crippen LogP contribution in [0.2, 0.25) is 0 Å². The highest BCUT2D eigenvalue weighted by atomic mass is 32.2. The Hall–Kier alpha value is -2.43. The van der Waals surface area contributed by atoms with Crippen molar-refractivity contribution in [2.75, 3.05) is 4.72 Å². The van der Waals surface area contributed by atoms with E-state index in [9.17, 15) is 26.0 Å². The predicted molar refractivity (Wildman–Crippen MR) is 67.1 cm³/mol. The Bertz CT molecular complexity index is 766. The molecule has 118 valence electrons. The molecule has 0 spiro atoms. The zero-order chi connectivity index (χ0) is 16.4. The first kappa shape index (κ1) is 15.9. The minimum atomic E-state index is -5.70. The fourth-order valence-corrected chi connectivity index (χ4v) is 1.86. The summed E-state index contributed by atoms with van der Waals surface area (Å²) >= 11 is 0. The molecule has 0 amide bonds. The molecular formula is C11H7F4N3O3S. The molecule has 11 heteroatoms. The summed E-state index contributed by atoms with van der Waals surface area (Å²) in [5.41, 5.74) is -6.41. The maximum Gasteiger partial charge on any atom is 0.516 e. The first-order valence-electron chi connectivity index (χ1n) is 5.52. The van der Waals surface area contributed by atoms with Crippen molar-refractivity contribution in [3.63, 3.8) is 0 Å². The van der Waals surface area contributed by atoms with Gasteiger partial charge in [-0.25, -0.2) is 14.4 Å². The average Bonchev–Trinajstić information content (AvgIpc) is 2.42. The zero-order valence-corrected chi connectivity index (χ0v) is 11.3. The second-order valence-corrected chi connectivity index (χ2v) is 5.50. The van der Waals surface area contributed by atoms with E-state index in [0.717, 1.165) is 16.9 Å². The summed E-state index contributed by atoms with van der Waals surface area (Å²) < 4.78 is 78.2. The molecule has 0 unspecified atom stereocenters. The summed E-state index contributed by atoms with van der Waals surface area (Å²) in [6.07, 6.45) is 2.73. The van der Waals surface area contributed by atoms with Gasteiger partial charge in [0.2, 0.25) is 0 Å². The predicted octanol–water partition coefficient (Wildman–Crippen LogP) is 2.67. The first-order valence-corrected chi connectivity index (χ1v) is 7.01. The number of sulfonamides is 1. The average molecular weight is 337 g/mol. The van der Waals surface area contributed by atoms with E-state index in [0.29, 0.717) is 6.07 Å². The van der Waals surface area contributed by atoms with Gasteiger partial charge in [-0.15, -0.1) is 0 Å². The van der Waals surface area contributed by atoms with Crippen molar-refractivity contribution in [3.8, 4) is 11.8 Å². The maximum atomic E-state index is 13.7. The lowest BCUT2D eigenvalue weighted by molar-refractivity contribution is -0.0429. The van der Waals surface area contributed by atoms with Gasteiger partial charge in [0.15, 0.2) is 5.82 Å². The fraction of sp³-hybridized carbons (Fsp3) is 0.0909. The third kappa shape index (κ3) is 3.61. The molecule has 0 aliphatic rings. The van der Waals surface area contributed by atoms with E-state index in [1.165, 1.54) is 18.5 Å². The monoisotopic (exact) mass is 337 g/mol. The number of hydrogen-bond acceptors (Lipinski definition) is 5. The van der Waals surface area contributed by atoms with Gasteiger partial charge in [0, 0.05) is 18.5 Å². The molecule has 0 aliphatic carbocycles. The Morgan fingerprint density at radius 3 is 2.32 bits per heavy atom. The van der Waals surface area contributed by atoms with Crippen LogP contribution >= 0.6 is 0 Å². The number of benzene rings is 1. The van der Waals surface area contributed by atoms with Crippen LogP contribution in [0.5, 0.6) is 11.8 Å². The molecule has 1 N–H and O–H groups in total. The van der Waals surface area contributed by atoms with Crippen molar-refractivity contribution in [2.45, 2.75) is 5.51 Å². The Morgan fingerprint density at radius 2 is 1.77 bits per heavy atom. The fourth-order valence-electron chi connectivity index (χ4n) is 1.29. The second-order valence-electron chi connectivity index (χ2n) is 3.83. The number of nitrogens with zero attached hydrogens (tertiary/aromatic N) is 2. The van der Waals surface area contributed by atoms with Gasteiger partial charge in [0.05, 0.1) is 5.69 Å². The molecule has 1 aromatic carbocycles. The van der Waals surface area contributed by atoms with Gasteiger partial charge < -0.3 is 4.74 Å². The molecule has 0 saturated carbocycles. The Kier molecular flexibility index (Phi) is 4.17. The summed E-state index contributed by atoms with van der Waals surface area (Å²) in [5.74, 6) is -1.36. The second kappa shape index (κ2) is 5.75. The molecule has 0 bridgehead atoms. The van der Waals surface area contributed by atoms with Crippen molar-refractivity contribution in [2.24, 2.45) is 0 Å². The van der Waals surface area contributed by atoms with Gasteiger partial charge in [0.25, 0.3) is 0 Å². The lowest BCUT2D eigenvalue weighted by atomic mass is 10.3. The van der Waals surface area contributed by atoms with Crippen LogP contribution in [-0.2, 0) is 10.0 Å². The SMILES string of the molecule is O=S(=O)(Nc1ccc(Oc2ncccn2)cc1F)C(F)(F)F. The summed E-state index contributed by atoms with van der Waals surface area (Å²) in [4.78, 5) is 7.40. The van der Waals surface area contributed by atoms with E-state index in [4.69, 9.17) is 4.74 Å². The first-order chi connectivity index (χ1) is 10.2. The summed E-state index contributed by atoms with van der Waals surface area (Å²) in [6, 6.07) is 3.96. The summed E-state index contributed by atoms with van der Waals surface area (Å²) in [5, 5.41) is 0. The molecule has 0 atom stereocenters. The molecule has 0 fully saturated rings. The molecule has 0 saturated heterocycles. The van der Waals surface area contributed by atoms with Crippen LogP contribution < -0.4 is 9.46 Å². The number of aromatic nitrogens is 2. The topological polar surface area (TPSA) is 81.2 Å². The van der Waals surface area contributed by atoms with Crippen molar-refractivity contribution in [1.82, 2.24) is 9.97 Å². The van der Waals surface area contributed by atoms with Crippen LogP contribution in [0.3, 0.4) is 0 Å². The lowest BCUT2D eigenvalue weighted by Crippen LogP contribution is -2.30. The molecular weight excluding hydrogens is 330 g/mol. The normalized spacial score (nSPS) is 12.0.